The lowest BCUT2D eigenvalue weighted by Crippen LogP contribution is -2.41. The number of hydrogen-bond acceptors (Lipinski definition) is 2. The Balaban J connectivity index is 2.24. The van der Waals surface area contributed by atoms with Gasteiger partial charge in [-0.1, -0.05) is 53.5 Å². The van der Waals surface area contributed by atoms with E-state index < -0.39 is 15.9 Å². The van der Waals surface area contributed by atoms with Crippen molar-refractivity contribution in [1.82, 2.24) is 0 Å². The summed E-state index contributed by atoms with van der Waals surface area (Å²) in [5, 5.41) is 0. The molecule has 0 spiro atoms. The van der Waals surface area contributed by atoms with Crippen molar-refractivity contribution >= 4 is 34.8 Å². The van der Waals surface area contributed by atoms with Gasteiger partial charge < -0.3 is 0 Å². The Morgan fingerprint density at radius 1 is 1.00 bits per heavy atom. The summed E-state index contributed by atoms with van der Waals surface area (Å²) in [5.41, 5.74) is 0.980. The van der Waals surface area contributed by atoms with Crippen LogP contribution in [0.2, 0.25) is 0 Å². The van der Waals surface area contributed by atoms with Gasteiger partial charge in [-0.2, -0.15) is 0 Å². The molecule has 0 saturated heterocycles. The highest BCUT2D eigenvalue weighted by atomic mass is 35.5. The van der Waals surface area contributed by atoms with Gasteiger partial charge in [0.2, 0.25) is 4.33 Å². The van der Waals surface area contributed by atoms with E-state index >= 15 is 0 Å². The van der Waals surface area contributed by atoms with Crippen LogP contribution in [0, 0.1) is 0 Å². The third-order valence-corrected chi connectivity index (χ3v) is 3.68. The van der Waals surface area contributed by atoms with Crippen LogP contribution in [-0.4, -0.2) is 15.9 Å². The van der Waals surface area contributed by atoms with Gasteiger partial charge in [-0.3, -0.25) is 9.59 Å². The number of rotatable bonds is 1. The first kappa shape index (κ1) is 11.6. The second-order valence-corrected chi connectivity index (χ2v) is 5.26. The van der Waals surface area contributed by atoms with E-state index in [1.807, 2.05) is 30.3 Å². The topological polar surface area (TPSA) is 34.1 Å². The largest absolute Gasteiger partial charge is 0.296 e. The van der Waals surface area contributed by atoms with Gasteiger partial charge in [-0.05, 0) is 11.5 Å². The Morgan fingerprint density at radius 3 is 2.00 bits per heavy atom. The summed E-state index contributed by atoms with van der Waals surface area (Å²) in [6.45, 7) is 0. The van der Waals surface area contributed by atoms with Crippen molar-refractivity contribution < 1.29 is 9.59 Å². The van der Waals surface area contributed by atoms with E-state index in [4.69, 9.17) is 23.2 Å². The molecular weight excluding hydrogens is 247 g/mol. The second kappa shape index (κ2) is 4.19. The standard InChI is InChI=1S/C12H10Cl2O2/c13-12(14)10(15)6-9(7-11(12)16)8-4-2-1-3-5-8/h1-5,9H,6-7H2. The number of alkyl halides is 2. The average Bonchev–Trinajstić information content (AvgIpc) is 2.27. The zero-order valence-electron chi connectivity index (χ0n) is 8.45. The zero-order valence-corrected chi connectivity index (χ0v) is 9.96. The van der Waals surface area contributed by atoms with Gasteiger partial charge in [-0.15, -0.1) is 0 Å². The van der Waals surface area contributed by atoms with Crippen molar-refractivity contribution in [2.75, 3.05) is 0 Å². The lowest BCUT2D eigenvalue weighted by molar-refractivity contribution is -0.131. The van der Waals surface area contributed by atoms with Crippen LogP contribution in [0.1, 0.15) is 24.3 Å². The molecule has 1 aliphatic rings. The predicted octanol–water partition coefficient (Wildman–Crippen LogP) is 2.88. The van der Waals surface area contributed by atoms with Gasteiger partial charge in [0, 0.05) is 12.8 Å². The smallest absolute Gasteiger partial charge is 0.233 e. The van der Waals surface area contributed by atoms with E-state index in [2.05, 4.69) is 0 Å². The number of halogens is 2. The molecule has 16 heavy (non-hydrogen) atoms. The Bertz CT molecular complexity index is 406. The molecule has 0 aromatic heterocycles. The van der Waals surface area contributed by atoms with Crippen molar-refractivity contribution in [1.29, 1.82) is 0 Å². The molecule has 1 aromatic rings. The minimum absolute atomic E-state index is 0.0909. The van der Waals surface area contributed by atoms with Crippen LogP contribution in [0.4, 0.5) is 0 Å². The fraction of sp³-hybridized carbons (Fsp3) is 0.333. The Labute approximate surface area is 104 Å². The quantitative estimate of drug-likeness (QED) is 0.572. The van der Waals surface area contributed by atoms with Crippen molar-refractivity contribution in [2.45, 2.75) is 23.1 Å². The molecule has 2 rings (SSSR count). The van der Waals surface area contributed by atoms with Crippen molar-refractivity contribution in [2.24, 2.45) is 0 Å². The van der Waals surface area contributed by atoms with Gasteiger partial charge >= 0.3 is 0 Å². The fourth-order valence-corrected chi connectivity index (χ4v) is 2.20. The average molecular weight is 257 g/mol. The van der Waals surface area contributed by atoms with E-state index in [0.29, 0.717) is 0 Å². The molecule has 0 amide bonds. The highest BCUT2D eigenvalue weighted by Gasteiger charge is 2.47. The summed E-state index contributed by atoms with van der Waals surface area (Å²) < 4.78 is -1.83. The van der Waals surface area contributed by atoms with Gasteiger partial charge in [0.15, 0.2) is 11.6 Å². The summed E-state index contributed by atoms with van der Waals surface area (Å²) in [6, 6.07) is 9.46. The molecule has 0 unspecified atom stereocenters. The molecule has 1 aliphatic carbocycles. The maximum absolute atomic E-state index is 11.6. The minimum Gasteiger partial charge on any atom is -0.296 e. The SMILES string of the molecule is O=C1CC(c2ccccc2)CC(=O)C1(Cl)Cl. The molecule has 0 heterocycles. The Hall–Kier alpha value is -0.860. The molecule has 84 valence electrons. The number of Topliss-reactive ketones (excluding diaryl/α,β-unsaturated/α-hetero) is 2. The molecular formula is C12H10Cl2O2. The van der Waals surface area contributed by atoms with Crippen molar-refractivity contribution in [3.05, 3.63) is 35.9 Å². The number of ketones is 2. The van der Waals surface area contributed by atoms with Crippen LogP contribution in [0.3, 0.4) is 0 Å². The summed E-state index contributed by atoms with van der Waals surface area (Å²) >= 11 is 11.4. The first-order valence-corrected chi connectivity index (χ1v) is 5.77. The number of carbonyl (C=O) groups excluding carboxylic acids is 2. The molecule has 0 bridgehead atoms. The fourth-order valence-electron chi connectivity index (χ4n) is 1.89. The van der Waals surface area contributed by atoms with Gasteiger partial charge in [0.1, 0.15) is 0 Å². The van der Waals surface area contributed by atoms with Crippen LogP contribution in [0.15, 0.2) is 30.3 Å². The van der Waals surface area contributed by atoms with Crippen molar-refractivity contribution in [3.8, 4) is 0 Å². The number of hydrogen-bond donors (Lipinski definition) is 0. The third kappa shape index (κ3) is 2.00. The van der Waals surface area contributed by atoms with Crippen LogP contribution in [-0.2, 0) is 9.59 Å². The van der Waals surface area contributed by atoms with Crippen LogP contribution in [0.25, 0.3) is 0 Å². The zero-order chi connectivity index (χ0) is 11.8. The molecule has 4 heteroatoms. The molecule has 1 saturated carbocycles. The molecule has 0 N–H and O–H groups in total. The molecule has 0 radical (unpaired) electrons. The summed E-state index contributed by atoms with van der Waals surface area (Å²) in [7, 11) is 0. The normalized spacial score (nSPS) is 21.1. The number of benzene rings is 1. The van der Waals surface area contributed by atoms with Gasteiger partial charge in [-0.25, -0.2) is 0 Å². The molecule has 2 nitrogen and oxygen atoms in total. The van der Waals surface area contributed by atoms with Gasteiger partial charge in [0.05, 0.1) is 0 Å². The third-order valence-electron chi connectivity index (χ3n) is 2.83. The predicted molar refractivity (Wildman–Crippen MR) is 62.9 cm³/mol. The van der Waals surface area contributed by atoms with E-state index in [1.165, 1.54) is 0 Å². The Morgan fingerprint density at radius 2 is 1.50 bits per heavy atom. The molecule has 0 aliphatic heterocycles. The lowest BCUT2D eigenvalue weighted by atomic mass is 9.82. The molecule has 0 atom stereocenters. The van der Waals surface area contributed by atoms with E-state index in [1.54, 1.807) is 0 Å². The van der Waals surface area contributed by atoms with E-state index in [9.17, 15) is 9.59 Å². The number of carbonyl (C=O) groups is 2. The highest BCUT2D eigenvalue weighted by Crippen LogP contribution is 2.39. The van der Waals surface area contributed by atoms with Crippen molar-refractivity contribution in [3.63, 3.8) is 0 Å². The van der Waals surface area contributed by atoms with Gasteiger partial charge in [0.25, 0.3) is 0 Å². The second-order valence-electron chi connectivity index (χ2n) is 3.94. The first-order chi connectivity index (χ1) is 7.51. The maximum Gasteiger partial charge on any atom is 0.233 e. The maximum atomic E-state index is 11.6. The lowest BCUT2D eigenvalue weighted by Gasteiger charge is -2.28. The van der Waals surface area contributed by atoms with Crippen LogP contribution in [0.5, 0.6) is 0 Å². The first-order valence-electron chi connectivity index (χ1n) is 5.01. The summed E-state index contributed by atoms with van der Waals surface area (Å²) in [6.07, 6.45) is 0.450. The monoisotopic (exact) mass is 256 g/mol. The van der Waals surface area contributed by atoms with Crippen LogP contribution < -0.4 is 0 Å². The summed E-state index contributed by atoms with van der Waals surface area (Å²) in [5.74, 6) is -0.895. The Kier molecular flexibility index (Phi) is 3.04. The highest BCUT2D eigenvalue weighted by molar-refractivity contribution is 6.68. The summed E-state index contributed by atoms with van der Waals surface area (Å²) in [4.78, 5) is 23.3. The minimum atomic E-state index is -1.83. The molecule has 1 aromatic carbocycles. The van der Waals surface area contributed by atoms with E-state index in [0.717, 1.165) is 5.56 Å². The molecule has 1 fully saturated rings. The van der Waals surface area contributed by atoms with E-state index in [-0.39, 0.29) is 18.8 Å². The van der Waals surface area contributed by atoms with Crippen LogP contribution >= 0.6 is 23.2 Å².